The van der Waals surface area contributed by atoms with Crippen molar-refractivity contribution in [2.75, 3.05) is 6.54 Å². The number of carbonyl (C=O) groups excluding carboxylic acids is 1. The average Bonchev–Trinajstić information content (AvgIpc) is 3.05. The molecule has 7 nitrogen and oxygen atoms in total. The van der Waals surface area contributed by atoms with Crippen molar-refractivity contribution >= 4 is 5.91 Å². The Morgan fingerprint density at radius 1 is 1.47 bits per heavy atom. The summed E-state index contributed by atoms with van der Waals surface area (Å²) in [5.74, 6) is 0.594. The zero-order chi connectivity index (χ0) is 13.5. The highest BCUT2D eigenvalue weighted by Gasteiger charge is 2.06. The van der Waals surface area contributed by atoms with Gasteiger partial charge >= 0.3 is 0 Å². The third-order valence-electron chi connectivity index (χ3n) is 2.49. The van der Waals surface area contributed by atoms with Crippen molar-refractivity contribution in [1.29, 1.82) is 0 Å². The van der Waals surface area contributed by atoms with Crippen LogP contribution in [0.5, 0.6) is 0 Å². The predicted molar refractivity (Wildman–Crippen MR) is 68.0 cm³/mol. The van der Waals surface area contributed by atoms with Crippen molar-refractivity contribution in [2.45, 2.75) is 26.6 Å². The number of amides is 1. The van der Waals surface area contributed by atoms with Gasteiger partial charge in [0, 0.05) is 6.54 Å². The maximum atomic E-state index is 11.7. The molecule has 2 heterocycles. The maximum absolute atomic E-state index is 11.7. The van der Waals surface area contributed by atoms with Crippen LogP contribution in [0.15, 0.2) is 29.0 Å². The molecule has 0 saturated heterocycles. The van der Waals surface area contributed by atoms with Crippen molar-refractivity contribution in [1.82, 2.24) is 25.6 Å². The molecule has 0 aliphatic carbocycles. The van der Waals surface area contributed by atoms with Gasteiger partial charge in [-0.15, -0.1) is 5.10 Å². The summed E-state index contributed by atoms with van der Waals surface area (Å²) in [6.45, 7) is 4.08. The van der Waals surface area contributed by atoms with Gasteiger partial charge < -0.3 is 15.1 Å². The van der Waals surface area contributed by atoms with Crippen LogP contribution in [0.25, 0.3) is 0 Å². The molecule has 0 atom stereocenters. The second-order valence-corrected chi connectivity index (χ2v) is 4.04. The Bertz CT molecular complexity index is 506. The average molecular weight is 263 g/mol. The Labute approximate surface area is 111 Å². The van der Waals surface area contributed by atoms with Crippen molar-refractivity contribution in [3.63, 3.8) is 0 Å². The van der Waals surface area contributed by atoms with E-state index in [1.54, 1.807) is 18.5 Å². The molecule has 1 amide bonds. The summed E-state index contributed by atoms with van der Waals surface area (Å²) in [7, 11) is 0. The van der Waals surface area contributed by atoms with Crippen LogP contribution in [0.4, 0.5) is 0 Å². The van der Waals surface area contributed by atoms with Gasteiger partial charge in [-0.1, -0.05) is 12.1 Å². The van der Waals surface area contributed by atoms with Gasteiger partial charge in [0.2, 0.25) is 5.91 Å². The predicted octanol–water partition coefficient (Wildman–Crippen LogP) is 0.297. The molecule has 0 saturated carbocycles. The minimum Gasteiger partial charge on any atom is -0.467 e. The van der Waals surface area contributed by atoms with Crippen molar-refractivity contribution < 1.29 is 9.21 Å². The van der Waals surface area contributed by atoms with Crippen LogP contribution in [0.3, 0.4) is 0 Å². The van der Waals surface area contributed by atoms with Crippen LogP contribution in [-0.4, -0.2) is 27.4 Å². The number of hydrogen-bond donors (Lipinski definition) is 2. The number of hydrogen-bond acceptors (Lipinski definition) is 5. The molecule has 19 heavy (non-hydrogen) atoms. The van der Waals surface area contributed by atoms with Gasteiger partial charge in [0.25, 0.3) is 0 Å². The minimum atomic E-state index is -0.128. The van der Waals surface area contributed by atoms with Gasteiger partial charge in [-0.3, -0.25) is 4.79 Å². The van der Waals surface area contributed by atoms with Gasteiger partial charge in [0.05, 0.1) is 24.7 Å². The van der Waals surface area contributed by atoms with Crippen LogP contribution < -0.4 is 10.6 Å². The van der Waals surface area contributed by atoms with Gasteiger partial charge in [-0.25, -0.2) is 4.68 Å². The van der Waals surface area contributed by atoms with E-state index in [1.807, 2.05) is 13.0 Å². The summed E-state index contributed by atoms with van der Waals surface area (Å²) >= 11 is 0. The van der Waals surface area contributed by atoms with Crippen LogP contribution in [-0.2, 0) is 24.4 Å². The van der Waals surface area contributed by atoms with Gasteiger partial charge in [0.15, 0.2) is 0 Å². The lowest BCUT2D eigenvalue weighted by atomic mass is 10.4. The molecular formula is C12H17N5O2. The van der Waals surface area contributed by atoms with E-state index in [9.17, 15) is 4.79 Å². The number of nitrogens with one attached hydrogen (secondary N) is 2. The molecule has 2 N–H and O–H groups in total. The molecule has 0 bridgehead atoms. The number of rotatable bonds is 7. The standard InChI is InChI=1S/C12H17N5O2/c1-2-13-6-10-8-17(16-15-10)9-12(18)14-7-11-4-3-5-19-11/h3-5,8,13H,2,6-7,9H2,1H3,(H,14,18). The maximum Gasteiger partial charge on any atom is 0.242 e. The molecule has 0 fully saturated rings. The Balaban J connectivity index is 1.76. The van der Waals surface area contributed by atoms with Crippen LogP contribution >= 0.6 is 0 Å². The first kappa shape index (κ1) is 13.3. The van der Waals surface area contributed by atoms with E-state index in [0.717, 1.165) is 18.0 Å². The molecular weight excluding hydrogens is 246 g/mol. The molecule has 0 aliphatic heterocycles. The second-order valence-electron chi connectivity index (χ2n) is 4.04. The van der Waals surface area contributed by atoms with Gasteiger partial charge in [-0.05, 0) is 18.7 Å². The lowest BCUT2D eigenvalue weighted by Gasteiger charge is -2.02. The quantitative estimate of drug-likeness (QED) is 0.750. The van der Waals surface area contributed by atoms with Crippen LogP contribution in [0, 0.1) is 0 Å². The van der Waals surface area contributed by atoms with Crippen molar-refractivity contribution in [3.05, 3.63) is 36.0 Å². The number of nitrogens with zero attached hydrogens (tertiary/aromatic N) is 3. The highest BCUT2D eigenvalue weighted by molar-refractivity contribution is 5.75. The summed E-state index contributed by atoms with van der Waals surface area (Å²) in [6.07, 6.45) is 3.33. The van der Waals surface area contributed by atoms with Gasteiger partial charge in [-0.2, -0.15) is 0 Å². The van der Waals surface area contributed by atoms with E-state index < -0.39 is 0 Å². The van der Waals surface area contributed by atoms with Crippen molar-refractivity contribution in [3.8, 4) is 0 Å². The number of carbonyl (C=O) groups is 1. The zero-order valence-corrected chi connectivity index (χ0v) is 10.8. The third kappa shape index (κ3) is 4.22. The molecule has 2 aromatic rings. The van der Waals surface area contributed by atoms with E-state index in [4.69, 9.17) is 4.42 Å². The summed E-state index contributed by atoms with van der Waals surface area (Å²) in [4.78, 5) is 11.7. The lowest BCUT2D eigenvalue weighted by Crippen LogP contribution is -2.27. The minimum absolute atomic E-state index is 0.128. The molecule has 0 aliphatic rings. The molecule has 0 aromatic carbocycles. The van der Waals surface area contributed by atoms with E-state index in [-0.39, 0.29) is 12.5 Å². The highest BCUT2D eigenvalue weighted by Crippen LogP contribution is 1.98. The SMILES string of the molecule is CCNCc1cn(CC(=O)NCc2ccco2)nn1. The number of furan rings is 1. The Kier molecular flexibility index (Phi) is 4.68. The molecule has 0 unspecified atom stereocenters. The summed E-state index contributed by atoms with van der Waals surface area (Å²) in [6, 6.07) is 3.59. The first-order chi connectivity index (χ1) is 9.28. The fourth-order valence-corrected chi connectivity index (χ4v) is 1.55. The zero-order valence-electron chi connectivity index (χ0n) is 10.8. The summed E-state index contributed by atoms with van der Waals surface area (Å²) < 4.78 is 6.64. The Morgan fingerprint density at radius 2 is 2.37 bits per heavy atom. The molecule has 7 heteroatoms. The summed E-state index contributed by atoms with van der Waals surface area (Å²) in [5.41, 5.74) is 0.820. The summed E-state index contributed by atoms with van der Waals surface area (Å²) in [5, 5.41) is 13.8. The monoisotopic (exact) mass is 263 g/mol. The normalized spacial score (nSPS) is 10.6. The topological polar surface area (TPSA) is 85.0 Å². The highest BCUT2D eigenvalue weighted by atomic mass is 16.3. The first-order valence-corrected chi connectivity index (χ1v) is 6.16. The third-order valence-corrected chi connectivity index (χ3v) is 2.49. The molecule has 2 rings (SSSR count). The van der Waals surface area contributed by atoms with E-state index in [1.165, 1.54) is 4.68 Å². The molecule has 0 radical (unpaired) electrons. The van der Waals surface area contributed by atoms with E-state index in [2.05, 4.69) is 20.9 Å². The number of aromatic nitrogens is 3. The molecule has 2 aromatic heterocycles. The fourth-order valence-electron chi connectivity index (χ4n) is 1.55. The van der Waals surface area contributed by atoms with Crippen LogP contribution in [0.1, 0.15) is 18.4 Å². The largest absolute Gasteiger partial charge is 0.467 e. The smallest absolute Gasteiger partial charge is 0.242 e. The van der Waals surface area contributed by atoms with Gasteiger partial charge in [0.1, 0.15) is 12.3 Å². The Morgan fingerprint density at radius 3 is 3.11 bits per heavy atom. The molecule has 102 valence electrons. The second kappa shape index (κ2) is 6.69. The lowest BCUT2D eigenvalue weighted by molar-refractivity contribution is -0.122. The van der Waals surface area contributed by atoms with Crippen LogP contribution in [0.2, 0.25) is 0 Å². The molecule has 0 spiro atoms. The fraction of sp³-hybridized carbons (Fsp3) is 0.417. The first-order valence-electron chi connectivity index (χ1n) is 6.16. The van der Waals surface area contributed by atoms with E-state index in [0.29, 0.717) is 13.1 Å². The van der Waals surface area contributed by atoms with Crippen molar-refractivity contribution in [2.24, 2.45) is 0 Å². The Hall–Kier alpha value is -2.15. The van der Waals surface area contributed by atoms with E-state index >= 15 is 0 Å².